The third-order valence-corrected chi connectivity index (χ3v) is 7.21. The van der Waals surface area contributed by atoms with Crippen molar-refractivity contribution in [3.8, 4) is 5.75 Å². The first kappa shape index (κ1) is 29.9. The summed E-state index contributed by atoms with van der Waals surface area (Å²) in [6.45, 7) is 1.05. The lowest BCUT2D eigenvalue weighted by Gasteiger charge is -2.43. The van der Waals surface area contributed by atoms with E-state index in [0.29, 0.717) is 26.2 Å². The molecule has 0 aliphatic carbocycles. The molecule has 1 aliphatic rings. The zero-order chi connectivity index (χ0) is 29.0. The number of aliphatic hydroxyl groups is 2. The van der Waals surface area contributed by atoms with Crippen LogP contribution in [0.5, 0.6) is 5.75 Å². The second kappa shape index (κ2) is 15.6. The largest absolute Gasteiger partial charge is 0.489 e. The molecule has 4 aromatic rings. The van der Waals surface area contributed by atoms with Crippen molar-refractivity contribution in [1.82, 2.24) is 0 Å². The van der Waals surface area contributed by atoms with Gasteiger partial charge in [-0.1, -0.05) is 103 Å². The summed E-state index contributed by atoms with van der Waals surface area (Å²) in [7, 11) is 0. The van der Waals surface area contributed by atoms with E-state index in [2.05, 4.69) is 0 Å². The van der Waals surface area contributed by atoms with Gasteiger partial charge in [-0.3, -0.25) is 0 Å². The van der Waals surface area contributed by atoms with E-state index in [0.717, 1.165) is 28.0 Å². The lowest BCUT2D eigenvalue weighted by atomic mass is 9.98. The number of aliphatic hydroxyl groups excluding tert-OH is 2. The molecule has 3 unspecified atom stereocenters. The van der Waals surface area contributed by atoms with Crippen LogP contribution in [0.25, 0.3) is 0 Å². The van der Waals surface area contributed by atoms with Crippen LogP contribution in [0.4, 0.5) is 0 Å². The lowest BCUT2D eigenvalue weighted by Crippen LogP contribution is -2.61. The summed E-state index contributed by atoms with van der Waals surface area (Å²) in [5, 5.41) is 21.1. The van der Waals surface area contributed by atoms with Gasteiger partial charge < -0.3 is 33.9 Å². The molecule has 0 spiro atoms. The first-order valence-electron chi connectivity index (χ1n) is 14.3. The van der Waals surface area contributed by atoms with Crippen LogP contribution in [0.1, 0.15) is 22.3 Å². The number of hydrogen-bond donors (Lipinski definition) is 2. The predicted molar refractivity (Wildman–Crippen MR) is 159 cm³/mol. The molecule has 0 bridgehead atoms. The molecule has 5 atom stereocenters. The highest BCUT2D eigenvalue weighted by Crippen LogP contribution is 2.29. The van der Waals surface area contributed by atoms with Crippen LogP contribution in [-0.2, 0) is 45.2 Å². The standard InChI is InChI=1S/C35H38O7/c36-22-31-32(37)33(40-24-28-12-6-2-7-13-28)34(41-25-29-14-8-3-9-15-29)35(42-31)38-21-20-26-16-18-30(19-17-26)39-23-27-10-4-1-5-11-27/h1-19,31-37H,20-25H2/t31?,32-,33?,34?,35-/m1/s1. The maximum absolute atomic E-state index is 11.1. The molecule has 0 amide bonds. The molecule has 0 saturated carbocycles. The topological polar surface area (TPSA) is 86.6 Å². The van der Waals surface area contributed by atoms with Gasteiger partial charge in [0.05, 0.1) is 26.4 Å². The second-order valence-corrected chi connectivity index (χ2v) is 10.3. The molecule has 1 fully saturated rings. The molecule has 220 valence electrons. The zero-order valence-corrected chi connectivity index (χ0v) is 23.5. The normalized spacial score (nSPS) is 22.1. The van der Waals surface area contributed by atoms with Gasteiger partial charge in [-0.05, 0) is 40.8 Å². The highest BCUT2D eigenvalue weighted by molar-refractivity contribution is 5.28. The van der Waals surface area contributed by atoms with Crippen molar-refractivity contribution in [2.75, 3.05) is 13.2 Å². The van der Waals surface area contributed by atoms with E-state index in [1.165, 1.54) is 0 Å². The average molecular weight is 571 g/mol. The third-order valence-electron chi connectivity index (χ3n) is 7.21. The fraction of sp³-hybridized carbons (Fsp3) is 0.314. The van der Waals surface area contributed by atoms with Crippen LogP contribution < -0.4 is 4.74 Å². The van der Waals surface area contributed by atoms with Gasteiger partial charge >= 0.3 is 0 Å². The summed E-state index contributed by atoms with van der Waals surface area (Å²) < 4.78 is 30.6. The summed E-state index contributed by atoms with van der Waals surface area (Å²) in [6.07, 6.45) is -3.67. The van der Waals surface area contributed by atoms with Crippen molar-refractivity contribution >= 4 is 0 Å². The van der Waals surface area contributed by atoms with Crippen molar-refractivity contribution in [1.29, 1.82) is 0 Å². The van der Waals surface area contributed by atoms with Crippen LogP contribution in [0.3, 0.4) is 0 Å². The van der Waals surface area contributed by atoms with Gasteiger partial charge in [0.15, 0.2) is 6.29 Å². The Hall–Kier alpha value is -3.56. The van der Waals surface area contributed by atoms with Gasteiger partial charge in [0.2, 0.25) is 0 Å². The van der Waals surface area contributed by atoms with Gasteiger partial charge in [0, 0.05) is 0 Å². The molecule has 1 aliphatic heterocycles. The van der Waals surface area contributed by atoms with Crippen LogP contribution in [0.15, 0.2) is 115 Å². The maximum Gasteiger partial charge on any atom is 0.186 e. The first-order valence-corrected chi connectivity index (χ1v) is 14.3. The summed E-state index contributed by atoms with van der Waals surface area (Å²) in [5.41, 5.74) is 4.14. The predicted octanol–water partition coefficient (Wildman–Crippen LogP) is 5.07. The van der Waals surface area contributed by atoms with Gasteiger partial charge in [-0.15, -0.1) is 0 Å². The minimum atomic E-state index is -1.09. The zero-order valence-electron chi connectivity index (χ0n) is 23.5. The van der Waals surface area contributed by atoms with E-state index in [-0.39, 0.29) is 13.2 Å². The molecule has 0 aromatic heterocycles. The number of ether oxygens (including phenoxy) is 5. The molecule has 7 nitrogen and oxygen atoms in total. The van der Waals surface area contributed by atoms with Crippen molar-refractivity contribution in [2.45, 2.75) is 56.9 Å². The Morgan fingerprint density at radius 1 is 0.571 bits per heavy atom. The Labute approximate surface area is 247 Å². The Kier molecular flexibility index (Phi) is 11.1. The summed E-state index contributed by atoms with van der Waals surface area (Å²) in [6, 6.07) is 37.5. The minimum Gasteiger partial charge on any atom is -0.489 e. The molecule has 2 N–H and O–H groups in total. The lowest BCUT2D eigenvalue weighted by molar-refractivity contribution is -0.319. The van der Waals surface area contributed by atoms with E-state index in [1.807, 2.05) is 115 Å². The SMILES string of the molecule is OCC1O[C@@H](OCCc2ccc(OCc3ccccc3)cc2)C(OCc2ccccc2)C(OCc2ccccc2)[C@@H]1O. The first-order chi connectivity index (χ1) is 20.7. The molecule has 4 aromatic carbocycles. The summed E-state index contributed by atoms with van der Waals surface area (Å²) in [5.74, 6) is 0.798. The van der Waals surface area contributed by atoms with Gasteiger partial charge in [-0.25, -0.2) is 0 Å². The average Bonchev–Trinajstić information content (AvgIpc) is 3.05. The van der Waals surface area contributed by atoms with Crippen molar-refractivity contribution in [3.05, 3.63) is 138 Å². The van der Waals surface area contributed by atoms with E-state index < -0.39 is 30.7 Å². The fourth-order valence-electron chi connectivity index (χ4n) is 4.86. The fourth-order valence-corrected chi connectivity index (χ4v) is 4.86. The highest BCUT2D eigenvalue weighted by Gasteiger charge is 2.47. The van der Waals surface area contributed by atoms with Crippen molar-refractivity contribution in [2.24, 2.45) is 0 Å². The molecular formula is C35H38O7. The van der Waals surface area contributed by atoms with Crippen LogP contribution in [-0.4, -0.2) is 54.1 Å². The molecule has 0 radical (unpaired) electrons. The van der Waals surface area contributed by atoms with Crippen molar-refractivity contribution in [3.63, 3.8) is 0 Å². The number of hydrogen-bond acceptors (Lipinski definition) is 7. The van der Waals surface area contributed by atoms with E-state index in [4.69, 9.17) is 23.7 Å². The third kappa shape index (κ3) is 8.49. The van der Waals surface area contributed by atoms with Gasteiger partial charge in [-0.2, -0.15) is 0 Å². The maximum atomic E-state index is 11.1. The van der Waals surface area contributed by atoms with E-state index in [1.54, 1.807) is 0 Å². The molecule has 42 heavy (non-hydrogen) atoms. The molecule has 7 heteroatoms. The highest BCUT2D eigenvalue weighted by atomic mass is 16.7. The molecular weight excluding hydrogens is 532 g/mol. The molecule has 5 rings (SSSR count). The van der Waals surface area contributed by atoms with Crippen molar-refractivity contribution < 1.29 is 33.9 Å². The van der Waals surface area contributed by atoms with Crippen LogP contribution >= 0.6 is 0 Å². The minimum absolute atomic E-state index is 0.275. The second-order valence-electron chi connectivity index (χ2n) is 10.3. The monoisotopic (exact) mass is 570 g/mol. The van der Waals surface area contributed by atoms with Crippen LogP contribution in [0, 0.1) is 0 Å². The molecule has 1 saturated heterocycles. The Balaban J connectivity index is 1.22. The number of rotatable bonds is 14. The summed E-state index contributed by atoms with van der Waals surface area (Å²) >= 11 is 0. The van der Waals surface area contributed by atoms with E-state index in [9.17, 15) is 10.2 Å². The summed E-state index contributed by atoms with van der Waals surface area (Å²) in [4.78, 5) is 0. The van der Waals surface area contributed by atoms with E-state index >= 15 is 0 Å². The van der Waals surface area contributed by atoms with Crippen LogP contribution in [0.2, 0.25) is 0 Å². The number of benzene rings is 4. The smallest absolute Gasteiger partial charge is 0.186 e. The Morgan fingerprint density at radius 2 is 1.10 bits per heavy atom. The molecule has 1 heterocycles. The quantitative estimate of drug-likeness (QED) is 0.219. The van der Waals surface area contributed by atoms with Gasteiger partial charge in [0.25, 0.3) is 0 Å². The Bertz CT molecular complexity index is 1300. The Morgan fingerprint density at radius 3 is 1.64 bits per heavy atom. The van der Waals surface area contributed by atoms with Gasteiger partial charge in [0.1, 0.15) is 36.8 Å².